The molecule has 104 valence electrons. The minimum absolute atomic E-state index is 0.0258. The second-order valence-electron chi connectivity index (χ2n) is 4.70. The van der Waals surface area contributed by atoms with Crippen LogP contribution in [0.5, 0.6) is 0 Å². The quantitative estimate of drug-likeness (QED) is 0.347. The fraction of sp³-hybridized carbons (Fsp3) is 0.188. The lowest BCUT2D eigenvalue weighted by Crippen LogP contribution is -2.36. The maximum Gasteiger partial charge on any atom is 0.210 e. The Kier molecular flexibility index (Phi) is 4.74. The van der Waals surface area contributed by atoms with Crippen LogP contribution in [0.2, 0.25) is 0 Å². The summed E-state index contributed by atoms with van der Waals surface area (Å²) in [6, 6.07) is 18.2. The lowest BCUT2D eigenvalue weighted by molar-refractivity contribution is 0.804. The van der Waals surface area contributed by atoms with Gasteiger partial charge in [-0.25, -0.2) is 10.8 Å². The molecule has 1 atom stereocenters. The number of anilines is 1. The highest BCUT2D eigenvalue weighted by molar-refractivity contribution is 5.93. The van der Waals surface area contributed by atoms with Crippen LogP contribution in [0.15, 0.2) is 59.6 Å². The topological polar surface area (TPSA) is 62.4 Å². The molecule has 1 unspecified atom stereocenters. The van der Waals surface area contributed by atoms with Gasteiger partial charge < -0.3 is 5.32 Å². The predicted molar refractivity (Wildman–Crippen MR) is 84.4 cm³/mol. The molecule has 0 aliphatic rings. The summed E-state index contributed by atoms with van der Waals surface area (Å²) in [5, 5.41) is 3.15. The van der Waals surface area contributed by atoms with Gasteiger partial charge in [0.15, 0.2) is 0 Å². The number of nitrogens with two attached hydrogens (primary N) is 1. The number of nitrogens with zero attached hydrogens (tertiary/aromatic N) is 1. The summed E-state index contributed by atoms with van der Waals surface area (Å²) in [6.45, 7) is 4.11. The third-order valence-corrected chi connectivity index (χ3v) is 3.06. The molecule has 0 bridgehead atoms. The molecule has 2 rings (SSSR count). The maximum atomic E-state index is 5.53. The van der Waals surface area contributed by atoms with Crippen molar-refractivity contribution in [1.82, 2.24) is 5.43 Å². The number of benzene rings is 2. The zero-order chi connectivity index (χ0) is 14.4. The van der Waals surface area contributed by atoms with Gasteiger partial charge >= 0.3 is 0 Å². The van der Waals surface area contributed by atoms with Crippen LogP contribution in [-0.4, -0.2) is 5.96 Å². The molecule has 0 spiro atoms. The Morgan fingerprint density at radius 1 is 1.05 bits per heavy atom. The van der Waals surface area contributed by atoms with E-state index in [9.17, 15) is 0 Å². The van der Waals surface area contributed by atoms with Gasteiger partial charge in [0, 0.05) is 5.69 Å². The van der Waals surface area contributed by atoms with Crippen molar-refractivity contribution in [2.75, 3.05) is 5.32 Å². The summed E-state index contributed by atoms with van der Waals surface area (Å²) in [6.07, 6.45) is 0. The van der Waals surface area contributed by atoms with E-state index in [1.165, 1.54) is 5.56 Å². The molecule has 0 aliphatic carbocycles. The molecular formula is C16H20N4. The van der Waals surface area contributed by atoms with E-state index in [1.807, 2.05) is 37.3 Å². The van der Waals surface area contributed by atoms with Crippen molar-refractivity contribution in [2.24, 2.45) is 10.8 Å². The highest BCUT2D eigenvalue weighted by Gasteiger charge is 2.05. The lowest BCUT2D eigenvalue weighted by Gasteiger charge is -2.13. The van der Waals surface area contributed by atoms with Crippen molar-refractivity contribution in [3.05, 3.63) is 65.7 Å². The molecule has 4 nitrogen and oxygen atoms in total. The van der Waals surface area contributed by atoms with E-state index in [1.54, 1.807) is 0 Å². The van der Waals surface area contributed by atoms with Crippen LogP contribution in [0.1, 0.15) is 24.1 Å². The van der Waals surface area contributed by atoms with Crippen molar-refractivity contribution < 1.29 is 0 Å². The van der Waals surface area contributed by atoms with Gasteiger partial charge in [0.1, 0.15) is 0 Å². The molecule has 4 heteroatoms. The van der Waals surface area contributed by atoms with Crippen molar-refractivity contribution in [3.63, 3.8) is 0 Å². The molecule has 4 N–H and O–H groups in total. The number of hydrogen-bond acceptors (Lipinski definition) is 2. The average Bonchev–Trinajstić information content (AvgIpc) is 2.48. The van der Waals surface area contributed by atoms with E-state index in [0.29, 0.717) is 5.96 Å². The molecule has 0 fully saturated rings. The summed E-state index contributed by atoms with van der Waals surface area (Å²) < 4.78 is 0. The summed E-state index contributed by atoms with van der Waals surface area (Å²) in [5.41, 5.74) is 5.94. The van der Waals surface area contributed by atoms with Crippen LogP contribution >= 0.6 is 0 Å². The summed E-state index contributed by atoms with van der Waals surface area (Å²) >= 11 is 0. The standard InChI is InChI=1S/C16H20N4/c1-12-8-10-14(11-9-12)13(2)18-16(20-17)19-15-6-4-3-5-7-15/h3-11,13H,17H2,1-2H3,(H2,18,19,20). The van der Waals surface area contributed by atoms with Crippen LogP contribution in [0.4, 0.5) is 5.69 Å². The fourth-order valence-electron chi connectivity index (χ4n) is 1.88. The normalized spacial score (nSPS) is 12.8. The molecule has 0 heterocycles. The van der Waals surface area contributed by atoms with Gasteiger partial charge in [-0.2, -0.15) is 0 Å². The first kappa shape index (κ1) is 14.1. The number of hydrogen-bond donors (Lipinski definition) is 3. The third kappa shape index (κ3) is 3.83. The SMILES string of the molecule is Cc1ccc(C(C)N=C(NN)Nc2ccccc2)cc1. The smallest absolute Gasteiger partial charge is 0.210 e. The Morgan fingerprint density at radius 2 is 1.70 bits per heavy atom. The van der Waals surface area contributed by atoms with Crippen molar-refractivity contribution in [3.8, 4) is 0 Å². The molecular weight excluding hydrogens is 248 g/mol. The average molecular weight is 268 g/mol. The molecule has 0 aliphatic heterocycles. The molecule has 0 saturated heterocycles. The Balaban J connectivity index is 2.12. The summed E-state index contributed by atoms with van der Waals surface area (Å²) in [7, 11) is 0. The largest absolute Gasteiger partial charge is 0.325 e. The predicted octanol–water partition coefficient (Wildman–Crippen LogP) is 2.99. The second-order valence-corrected chi connectivity index (χ2v) is 4.70. The van der Waals surface area contributed by atoms with E-state index in [2.05, 4.69) is 46.9 Å². The Bertz CT molecular complexity index is 561. The van der Waals surface area contributed by atoms with Crippen molar-refractivity contribution in [1.29, 1.82) is 0 Å². The Labute approximate surface area is 119 Å². The van der Waals surface area contributed by atoms with E-state index in [4.69, 9.17) is 5.84 Å². The first-order chi connectivity index (χ1) is 9.69. The minimum atomic E-state index is 0.0258. The zero-order valence-corrected chi connectivity index (χ0v) is 11.8. The van der Waals surface area contributed by atoms with Gasteiger partial charge in [-0.3, -0.25) is 5.43 Å². The van der Waals surface area contributed by atoms with E-state index < -0.39 is 0 Å². The summed E-state index contributed by atoms with van der Waals surface area (Å²) in [4.78, 5) is 4.56. The number of aliphatic imine (C=N–C) groups is 1. The van der Waals surface area contributed by atoms with Crippen molar-refractivity contribution in [2.45, 2.75) is 19.9 Å². The van der Waals surface area contributed by atoms with E-state index in [-0.39, 0.29) is 6.04 Å². The van der Waals surface area contributed by atoms with Gasteiger partial charge in [0.25, 0.3) is 0 Å². The number of hydrazine groups is 1. The van der Waals surface area contributed by atoms with Gasteiger partial charge in [-0.15, -0.1) is 0 Å². The van der Waals surface area contributed by atoms with Gasteiger partial charge in [-0.1, -0.05) is 48.0 Å². The first-order valence-electron chi connectivity index (χ1n) is 6.62. The number of para-hydroxylation sites is 1. The third-order valence-electron chi connectivity index (χ3n) is 3.06. The molecule has 2 aromatic carbocycles. The molecule has 20 heavy (non-hydrogen) atoms. The monoisotopic (exact) mass is 268 g/mol. The van der Waals surface area contributed by atoms with Gasteiger partial charge in [0.2, 0.25) is 5.96 Å². The summed E-state index contributed by atoms with van der Waals surface area (Å²) in [5.74, 6) is 6.07. The maximum absolute atomic E-state index is 5.53. The zero-order valence-electron chi connectivity index (χ0n) is 11.8. The Hall–Kier alpha value is -2.33. The Morgan fingerprint density at radius 3 is 2.30 bits per heavy atom. The van der Waals surface area contributed by atoms with E-state index >= 15 is 0 Å². The van der Waals surface area contributed by atoms with E-state index in [0.717, 1.165) is 11.3 Å². The van der Waals surface area contributed by atoms with Crippen LogP contribution < -0.4 is 16.6 Å². The molecule has 0 radical (unpaired) electrons. The van der Waals surface area contributed by atoms with Crippen LogP contribution in [0.3, 0.4) is 0 Å². The van der Waals surface area contributed by atoms with Gasteiger partial charge in [-0.05, 0) is 31.5 Å². The van der Waals surface area contributed by atoms with Crippen LogP contribution in [-0.2, 0) is 0 Å². The highest BCUT2D eigenvalue weighted by atomic mass is 15.3. The molecule has 0 saturated carbocycles. The second kappa shape index (κ2) is 6.73. The molecule has 0 aromatic heterocycles. The van der Waals surface area contributed by atoms with Crippen LogP contribution in [0.25, 0.3) is 0 Å². The fourth-order valence-corrected chi connectivity index (χ4v) is 1.88. The van der Waals surface area contributed by atoms with Gasteiger partial charge in [0.05, 0.1) is 6.04 Å². The lowest BCUT2D eigenvalue weighted by atomic mass is 10.1. The highest BCUT2D eigenvalue weighted by Crippen LogP contribution is 2.17. The first-order valence-corrected chi connectivity index (χ1v) is 6.62. The van der Waals surface area contributed by atoms with Crippen molar-refractivity contribution >= 4 is 11.6 Å². The van der Waals surface area contributed by atoms with Crippen LogP contribution in [0, 0.1) is 6.92 Å². The molecule has 2 aromatic rings. The number of nitrogens with one attached hydrogen (secondary N) is 2. The number of guanidine groups is 1. The number of aryl methyl sites for hydroxylation is 1. The minimum Gasteiger partial charge on any atom is -0.325 e. The molecule has 0 amide bonds. The number of rotatable bonds is 3.